The first-order valence-electron chi connectivity index (χ1n) is 12.1. The maximum atomic E-state index is 11.3. The van der Waals surface area contributed by atoms with Crippen LogP contribution in [0.4, 0.5) is 11.4 Å². The van der Waals surface area contributed by atoms with E-state index in [0.717, 1.165) is 66.3 Å². The summed E-state index contributed by atoms with van der Waals surface area (Å²) in [6.07, 6.45) is 5.73. The lowest BCUT2D eigenvalue weighted by molar-refractivity contribution is -0.384. The highest BCUT2D eigenvalue weighted by Gasteiger charge is 2.18. The van der Waals surface area contributed by atoms with Crippen LogP contribution in [0.1, 0.15) is 24.0 Å². The summed E-state index contributed by atoms with van der Waals surface area (Å²) >= 11 is 9.88. The van der Waals surface area contributed by atoms with Gasteiger partial charge in [-0.3, -0.25) is 15.0 Å². The summed E-state index contributed by atoms with van der Waals surface area (Å²) in [5.74, 6) is 0.650. The molecule has 0 N–H and O–H groups in total. The third kappa shape index (κ3) is 7.09. The summed E-state index contributed by atoms with van der Waals surface area (Å²) in [6.45, 7) is 5.55. The summed E-state index contributed by atoms with van der Waals surface area (Å²) in [4.78, 5) is 15.7. The van der Waals surface area contributed by atoms with Gasteiger partial charge in [-0.25, -0.2) is 0 Å². The van der Waals surface area contributed by atoms with Crippen LogP contribution < -0.4 is 9.64 Å². The second kappa shape index (κ2) is 12.9. The van der Waals surface area contributed by atoms with Crippen LogP contribution in [0, 0.1) is 10.1 Å². The van der Waals surface area contributed by atoms with Crippen LogP contribution >= 0.6 is 27.5 Å². The third-order valence-electron chi connectivity index (χ3n) is 6.24. The molecule has 0 radical (unpaired) electrons. The summed E-state index contributed by atoms with van der Waals surface area (Å²) in [7, 11) is 0. The summed E-state index contributed by atoms with van der Waals surface area (Å²) in [6, 6.07) is 20.6. The van der Waals surface area contributed by atoms with Gasteiger partial charge in [0.1, 0.15) is 5.75 Å². The molecule has 8 heteroatoms. The molecule has 0 unspecified atom stereocenters. The van der Waals surface area contributed by atoms with E-state index >= 15 is 0 Å². The molecule has 1 aliphatic heterocycles. The molecule has 0 aliphatic carbocycles. The number of unbranched alkanes of at least 4 members (excludes halogenated alkanes) is 1. The molecule has 188 valence electrons. The van der Waals surface area contributed by atoms with Crippen LogP contribution in [0.2, 0.25) is 5.02 Å². The molecule has 0 amide bonds. The van der Waals surface area contributed by atoms with Gasteiger partial charge in [0.15, 0.2) is 0 Å². The van der Waals surface area contributed by atoms with Gasteiger partial charge in [0, 0.05) is 48.3 Å². The number of nitrogens with zero attached hydrogens (tertiary/aromatic N) is 3. The smallest absolute Gasteiger partial charge is 0.270 e. The minimum atomic E-state index is -0.384. The Morgan fingerprint density at radius 2 is 1.67 bits per heavy atom. The van der Waals surface area contributed by atoms with Crippen LogP contribution in [0.5, 0.6) is 5.75 Å². The van der Waals surface area contributed by atoms with E-state index in [1.54, 1.807) is 12.1 Å². The summed E-state index contributed by atoms with van der Waals surface area (Å²) < 4.78 is 7.00. The van der Waals surface area contributed by atoms with Crippen molar-refractivity contribution in [2.75, 3.05) is 44.2 Å². The average molecular weight is 571 g/mol. The summed E-state index contributed by atoms with van der Waals surface area (Å²) in [5.41, 5.74) is 2.84. The number of para-hydroxylation sites is 1. The maximum absolute atomic E-state index is 11.3. The Kier molecular flexibility index (Phi) is 9.39. The van der Waals surface area contributed by atoms with Gasteiger partial charge in [-0.05, 0) is 49.2 Å². The van der Waals surface area contributed by atoms with Gasteiger partial charge in [-0.1, -0.05) is 70.0 Å². The molecule has 1 fully saturated rings. The van der Waals surface area contributed by atoms with E-state index in [0.29, 0.717) is 17.9 Å². The third-order valence-corrected chi connectivity index (χ3v) is 7.29. The Hall–Kier alpha value is -2.87. The topological polar surface area (TPSA) is 58.9 Å². The quantitative estimate of drug-likeness (QED) is 0.112. The normalized spacial score (nSPS) is 14.3. The standard InChI is InChI=1S/C28H29BrClN3O3/c29-25-8-2-1-7-22(25)11-12-23-21-24(33(34)35)13-14-28(23)36-20-6-5-15-31-16-18-32(19-17-31)27-10-4-3-9-26(27)30/h1-4,7-14,21H,5-6,15-20H2/b12-11+. The zero-order valence-corrected chi connectivity index (χ0v) is 22.3. The molecule has 3 aromatic carbocycles. The molecule has 0 aromatic heterocycles. The average Bonchev–Trinajstić information content (AvgIpc) is 2.89. The van der Waals surface area contributed by atoms with Crippen molar-refractivity contribution in [3.05, 3.63) is 97.5 Å². The number of ether oxygens (including phenoxy) is 1. The number of nitro groups is 1. The van der Waals surface area contributed by atoms with E-state index in [1.807, 2.05) is 54.6 Å². The number of nitro benzene ring substituents is 1. The molecule has 4 rings (SSSR count). The van der Waals surface area contributed by atoms with Gasteiger partial charge in [0.25, 0.3) is 5.69 Å². The van der Waals surface area contributed by atoms with Crippen molar-refractivity contribution in [1.82, 2.24) is 4.90 Å². The van der Waals surface area contributed by atoms with Gasteiger partial charge < -0.3 is 9.64 Å². The second-order valence-corrected chi connectivity index (χ2v) is 9.93. The molecule has 0 bridgehead atoms. The van der Waals surface area contributed by atoms with Gasteiger partial charge in [-0.2, -0.15) is 0 Å². The van der Waals surface area contributed by atoms with Crippen LogP contribution in [-0.4, -0.2) is 49.2 Å². The maximum Gasteiger partial charge on any atom is 0.270 e. The van der Waals surface area contributed by atoms with E-state index in [2.05, 4.69) is 31.8 Å². The Balaban J connectivity index is 1.26. The fourth-order valence-corrected chi connectivity index (χ4v) is 4.91. The zero-order valence-electron chi connectivity index (χ0n) is 20.0. The van der Waals surface area contributed by atoms with Crippen LogP contribution in [-0.2, 0) is 0 Å². The molecular weight excluding hydrogens is 542 g/mol. The minimum Gasteiger partial charge on any atom is -0.493 e. The lowest BCUT2D eigenvalue weighted by Crippen LogP contribution is -2.46. The predicted molar refractivity (Wildman–Crippen MR) is 151 cm³/mol. The number of rotatable bonds is 10. The van der Waals surface area contributed by atoms with E-state index in [1.165, 1.54) is 6.07 Å². The van der Waals surface area contributed by atoms with Crippen molar-refractivity contribution >= 4 is 51.1 Å². The molecule has 0 atom stereocenters. The molecule has 1 saturated heterocycles. The molecule has 6 nitrogen and oxygen atoms in total. The zero-order chi connectivity index (χ0) is 25.3. The van der Waals surface area contributed by atoms with E-state index in [-0.39, 0.29) is 10.6 Å². The number of anilines is 1. The number of benzene rings is 3. The highest BCUT2D eigenvalue weighted by Crippen LogP contribution is 2.28. The molecule has 36 heavy (non-hydrogen) atoms. The first-order chi connectivity index (χ1) is 17.5. The second-order valence-electron chi connectivity index (χ2n) is 8.67. The SMILES string of the molecule is O=[N+]([O-])c1ccc(OCCCCN2CCN(c3ccccc3Cl)CC2)c(/C=C/c2ccccc2Br)c1. The highest BCUT2D eigenvalue weighted by atomic mass is 79.9. The lowest BCUT2D eigenvalue weighted by Gasteiger charge is -2.36. The van der Waals surface area contributed by atoms with Gasteiger partial charge in [-0.15, -0.1) is 0 Å². The molecule has 1 aliphatic rings. The van der Waals surface area contributed by atoms with Crippen molar-refractivity contribution in [2.24, 2.45) is 0 Å². The van der Waals surface area contributed by atoms with E-state index in [4.69, 9.17) is 16.3 Å². The first-order valence-corrected chi connectivity index (χ1v) is 13.2. The largest absolute Gasteiger partial charge is 0.493 e. The van der Waals surface area contributed by atoms with Crippen molar-refractivity contribution in [3.63, 3.8) is 0 Å². The van der Waals surface area contributed by atoms with Gasteiger partial charge in [0.05, 0.1) is 22.2 Å². The van der Waals surface area contributed by atoms with Crippen molar-refractivity contribution < 1.29 is 9.66 Å². The molecule has 3 aromatic rings. The van der Waals surface area contributed by atoms with Crippen molar-refractivity contribution in [2.45, 2.75) is 12.8 Å². The summed E-state index contributed by atoms with van der Waals surface area (Å²) in [5, 5.41) is 12.1. The number of halogens is 2. The lowest BCUT2D eigenvalue weighted by atomic mass is 10.1. The highest BCUT2D eigenvalue weighted by molar-refractivity contribution is 9.10. The first kappa shape index (κ1) is 26.2. The molecule has 0 spiro atoms. The number of hydrogen-bond acceptors (Lipinski definition) is 5. The number of non-ortho nitro benzene ring substituents is 1. The Morgan fingerprint density at radius 1 is 0.944 bits per heavy atom. The van der Waals surface area contributed by atoms with Crippen LogP contribution in [0.15, 0.2) is 71.2 Å². The number of piperazine rings is 1. The van der Waals surface area contributed by atoms with Crippen molar-refractivity contribution in [3.8, 4) is 5.75 Å². The Bertz CT molecular complexity index is 1210. The van der Waals surface area contributed by atoms with Gasteiger partial charge in [0.2, 0.25) is 0 Å². The van der Waals surface area contributed by atoms with E-state index < -0.39 is 0 Å². The monoisotopic (exact) mass is 569 g/mol. The van der Waals surface area contributed by atoms with Crippen LogP contribution in [0.3, 0.4) is 0 Å². The van der Waals surface area contributed by atoms with Crippen molar-refractivity contribution in [1.29, 1.82) is 0 Å². The Labute approximate surface area is 225 Å². The van der Waals surface area contributed by atoms with Crippen LogP contribution in [0.25, 0.3) is 12.2 Å². The number of hydrogen-bond donors (Lipinski definition) is 0. The van der Waals surface area contributed by atoms with E-state index in [9.17, 15) is 10.1 Å². The van der Waals surface area contributed by atoms with Gasteiger partial charge >= 0.3 is 0 Å². The molecular formula is C28H29BrClN3O3. The predicted octanol–water partition coefficient (Wildman–Crippen LogP) is 7.16. The fourth-order valence-electron chi connectivity index (χ4n) is 4.24. The fraction of sp³-hybridized carbons (Fsp3) is 0.286. The Morgan fingerprint density at radius 3 is 2.42 bits per heavy atom. The minimum absolute atomic E-state index is 0.0464. The molecule has 0 saturated carbocycles. The molecule has 1 heterocycles.